The van der Waals surface area contributed by atoms with Crippen molar-refractivity contribution in [1.29, 1.82) is 0 Å². The third-order valence-corrected chi connectivity index (χ3v) is 6.42. The summed E-state index contributed by atoms with van der Waals surface area (Å²) in [5, 5.41) is 6.11. The molecule has 3 aromatic rings. The summed E-state index contributed by atoms with van der Waals surface area (Å²) in [7, 11) is 7.87. The van der Waals surface area contributed by atoms with E-state index in [0.717, 1.165) is 25.7 Å². The number of halogens is 1. The Balaban J connectivity index is 1.63. The lowest BCUT2D eigenvalue weighted by Gasteiger charge is -2.31. The van der Waals surface area contributed by atoms with Crippen LogP contribution in [0.2, 0.25) is 5.02 Å². The topological polar surface area (TPSA) is 104 Å². The Hall–Kier alpha value is -3.17. The molecule has 1 saturated carbocycles. The number of amides is 2. The molecule has 0 bridgehead atoms. The number of hydrogen-bond donors (Lipinski definition) is 2. The van der Waals surface area contributed by atoms with E-state index in [9.17, 15) is 9.59 Å². The lowest BCUT2D eigenvalue weighted by molar-refractivity contribution is -0.121. The number of carbonyl (C=O) groups excluding carboxylic acids is 2. The Morgan fingerprint density at radius 3 is 2.38 bits per heavy atom. The van der Waals surface area contributed by atoms with Crippen molar-refractivity contribution in [2.45, 2.75) is 31.7 Å². The molecule has 9 nitrogen and oxygen atoms in total. The summed E-state index contributed by atoms with van der Waals surface area (Å²) in [5.41, 5.74) is 1.10. The molecule has 0 saturated heterocycles. The van der Waals surface area contributed by atoms with Gasteiger partial charge in [-0.25, -0.2) is 9.97 Å². The molecule has 2 amide bonds. The van der Waals surface area contributed by atoms with Crippen LogP contribution in [0.5, 0.6) is 0 Å². The quantitative estimate of drug-likeness (QED) is 0.538. The summed E-state index contributed by atoms with van der Waals surface area (Å²) < 4.78 is 5.86. The number of aromatic nitrogens is 2. The first-order valence-electron chi connectivity index (χ1n) is 11.2. The van der Waals surface area contributed by atoms with Gasteiger partial charge in [0.15, 0.2) is 5.58 Å². The normalized spacial score (nSPS) is 18.2. The molecule has 3 heterocycles. The van der Waals surface area contributed by atoms with Crippen molar-refractivity contribution in [3.05, 3.63) is 41.2 Å². The highest BCUT2D eigenvalue weighted by atomic mass is 35.5. The monoisotopic (exact) mass is 484 g/mol. The lowest BCUT2D eigenvalue weighted by Crippen LogP contribution is -2.35. The smallest absolute Gasteiger partial charge is 0.294 e. The Morgan fingerprint density at radius 2 is 1.76 bits per heavy atom. The first-order valence-corrected chi connectivity index (χ1v) is 11.6. The summed E-state index contributed by atoms with van der Waals surface area (Å²) in [5.74, 6) is 0.177. The van der Waals surface area contributed by atoms with E-state index >= 15 is 0 Å². The first-order chi connectivity index (χ1) is 16.2. The average molecular weight is 485 g/mol. The zero-order valence-electron chi connectivity index (χ0n) is 19.8. The van der Waals surface area contributed by atoms with Crippen LogP contribution in [0.4, 0.5) is 17.3 Å². The van der Waals surface area contributed by atoms with Gasteiger partial charge in [0, 0.05) is 32.3 Å². The van der Waals surface area contributed by atoms with Crippen molar-refractivity contribution < 1.29 is 14.0 Å². The van der Waals surface area contributed by atoms with E-state index in [1.807, 2.05) is 19.0 Å². The zero-order valence-corrected chi connectivity index (χ0v) is 20.5. The van der Waals surface area contributed by atoms with Crippen LogP contribution in [0.3, 0.4) is 0 Å². The summed E-state index contributed by atoms with van der Waals surface area (Å²) in [6, 6.07) is 7.24. The van der Waals surface area contributed by atoms with Crippen LogP contribution in [0.25, 0.3) is 11.1 Å². The van der Waals surface area contributed by atoms with Gasteiger partial charge in [0.25, 0.3) is 5.91 Å². The zero-order chi connectivity index (χ0) is 24.4. The second-order valence-corrected chi connectivity index (χ2v) is 9.43. The molecule has 0 radical (unpaired) electrons. The standard InChI is InChI=1S/C24H29ClN6O3/c1-30(2)16-8-5-14(6-9-16)23(32)29-21-20-17(10-12-19(28-20)31(3)4)34-22(21)24(33)27-18-11-7-15(25)13-26-18/h7,10-14,16H,5-6,8-9H2,1-4H3,(H,29,32)(H,26,27,33). The van der Waals surface area contributed by atoms with Crippen LogP contribution in [-0.4, -0.2) is 60.9 Å². The summed E-state index contributed by atoms with van der Waals surface area (Å²) in [4.78, 5) is 39.1. The minimum Gasteiger partial charge on any atom is -0.447 e. The van der Waals surface area contributed by atoms with Gasteiger partial charge in [0.1, 0.15) is 22.8 Å². The van der Waals surface area contributed by atoms with Crippen LogP contribution >= 0.6 is 11.6 Å². The van der Waals surface area contributed by atoms with E-state index in [-0.39, 0.29) is 23.3 Å². The number of nitrogens with one attached hydrogen (secondary N) is 2. The van der Waals surface area contributed by atoms with Gasteiger partial charge in [-0.05, 0) is 64.0 Å². The van der Waals surface area contributed by atoms with Crippen LogP contribution in [0.15, 0.2) is 34.9 Å². The number of furan rings is 1. The number of fused-ring (bicyclic) bond motifs is 1. The van der Waals surface area contributed by atoms with Gasteiger partial charge in [-0.15, -0.1) is 0 Å². The van der Waals surface area contributed by atoms with E-state index in [0.29, 0.717) is 33.8 Å². The molecule has 0 aliphatic heterocycles. The third-order valence-electron chi connectivity index (χ3n) is 6.20. The lowest BCUT2D eigenvalue weighted by atomic mass is 9.85. The third kappa shape index (κ3) is 5.15. The summed E-state index contributed by atoms with van der Waals surface area (Å²) >= 11 is 5.89. The largest absolute Gasteiger partial charge is 0.447 e. The highest BCUT2D eigenvalue weighted by Gasteiger charge is 2.30. The predicted octanol–water partition coefficient (Wildman–Crippen LogP) is 4.25. The molecule has 180 valence electrons. The van der Waals surface area contributed by atoms with E-state index in [4.69, 9.17) is 16.0 Å². The second-order valence-electron chi connectivity index (χ2n) is 8.99. The minimum atomic E-state index is -0.536. The van der Waals surface area contributed by atoms with Gasteiger partial charge in [-0.2, -0.15) is 0 Å². The van der Waals surface area contributed by atoms with Gasteiger partial charge < -0.3 is 24.9 Å². The molecule has 3 aromatic heterocycles. The summed E-state index contributed by atoms with van der Waals surface area (Å²) in [6.45, 7) is 0. The van der Waals surface area contributed by atoms with Crippen molar-refractivity contribution in [1.82, 2.24) is 14.9 Å². The van der Waals surface area contributed by atoms with E-state index < -0.39 is 5.91 Å². The Morgan fingerprint density at radius 1 is 1.03 bits per heavy atom. The molecule has 1 fully saturated rings. The number of carbonyl (C=O) groups is 2. The van der Waals surface area contributed by atoms with Gasteiger partial charge in [-0.3, -0.25) is 9.59 Å². The molecule has 0 atom stereocenters. The van der Waals surface area contributed by atoms with Gasteiger partial charge in [-0.1, -0.05) is 11.6 Å². The first kappa shape index (κ1) is 24.0. The number of hydrogen-bond acceptors (Lipinski definition) is 7. The Labute approximate surface area is 203 Å². The number of rotatable bonds is 6. The van der Waals surface area contributed by atoms with Crippen LogP contribution in [0, 0.1) is 5.92 Å². The maximum absolute atomic E-state index is 13.2. The molecule has 0 spiro atoms. The van der Waals surface area contributed by atoms with E-state index in [2.05, 4.69) is 39.6 Å². The summed E-state index contributed by atoms with van der Waals surface area (Å²) in [6.07, 6.45) is 4.92. The molecule has 0 aromatic carbocycles. The fraction of sp³-hybridized carbons (Fsp3) is 0.417. The van der Waals surface area contributed by atoms with Crippen molar-refractivity contribution in [2.24, 2.45) is 5.92 Å². The molecular formula is C24H29ClN6O3. The molecule has 34 heavy (non-hydrogen) atoms. The molecule has 1 aliphatic rings. The Kier molecular flexibility index (Phi) is 7.04. The number of nitrogens with zero attached hydrogens (tertiary/aromatic N) is 4. The fourth-order valence-corrected chi connectivity index (χ4v) is 4.31. The Bertz CT molecular complexity index is 1180. The van der Waals surface area contributed by atoms with Gasteiger partial charge in [0.2, 0.25) is 11.7 Å². The van der Waals surface area contributed by atoms with E-state index in [1.54, 1.807) is 24.3 Å². The van der Waals surface area contributed by atoms with Crippen molar-refractivity contribution in [3.63, 3.8) is 0 Å². The van der Waals surface area contributed by atoms with Crippen molar-refractivity contribution in [3.8, 4) is 0 Å². The maximum atomic E-state index is 13.2. The highest BCUT2D eigenvalue weighted by Crippen LogP contribution is 2.34. The molecule has 4 rings (SSSR count). The molecule has 2 N–H and O–H groups in total. The molecule has 1 aliphatic carbocycles. The van der Waals surface area contributed by atoms with Gasteiger partial charge in [0.05, 0.1) is 5.02 Å². The van der Waals surface area contributed by atoms with Crippen LogP contribution in [0.1, 0.15) is 36.2 Å². The molecule has 10 heteroatoms. The number of anilines is 3. The molecule has 0 unspecified atom stereocenters. The highest BCUT2D eigenvalue weighted by molar-refractivity contribution is 6.30. The maximum Gasteiger partial charge on any atom is 0.294 e. The van der Waals surface area contributed by atoms with Crippen molar-refractivity contribution >= 4 is 51.8 Å². The predicted molar refractivity (Wildman–Crippen MR) is 134 cm³/mol. The SMILES string of the molecule is CN(C)c1ccc2oc(C(=O)Nc3ccc(Cl)cn3)c(NC(=O)C3CCC(N(C)C)CC3)c2n1. The van der Waals surface area contributed by atoms with Crippen LogP contribution in [-0.2, 0) is 4.79 Å². The average Bonchev–Trinajstić information content (AvgIpc) is 3.18. The van der Waals surface area contributed by atoms with E-state index in [1.165, 1.54) is 6.20 Å². The fourth-order valence-electron chi connectivity index (χ4n) is 4.19. The van der Waals surface area contributed by atoms with Crippen molar-refractivity contribution in [2.75, 3.05) is 43.7 Å². The second kappa shape index (κ2) is 9.99. The van der Waals surface area contributed by atoms with Gasteiger partial charge >= 0.3 is 0 Å². The molecular weight excluding hydrogens is 456 g/mol. The minimum absolute atomic E-state index is 0.0227. The number of pyridine rings is 2. The van der Waals surface area contributed by atoms with Crippen LogP contribution < -0.4 is 15.5 Å².